The Morgan fingerprint density at radius 1 is 1.52 bits per heavy atom. The normalized spacial score (nSPS) is 18.0. The van der Waals surface area contributed by atoms with Crippen LogP contribution in [0, 0.1) is 5.92 Å². The summed E-state index contributed by atoms with van der Waals surface area (Å²) < 4.78 is 5.60. The number of hydrogen-bond donors (Lipinski definition) is 2. The maximum atomic E-state index is 12.3. The van der Waals surface area contributed by atoms with E-state index >= 15 is 0 Å². The molecule has 1 fully saturated rings. The molecule has 1 aromatic carbocycles. The third-order valence-corrected chi connectivity index (χ3v) is 3.53. The van der Waals surface area contributed by atoms with Crippen LogP contribution in [0.25, 0.3) is 0 Å². The third kappa shape index (κ3) is 4.36. The van der Waals surface area contributed by atoms with E-state index in [4.69, 9.17) is 16.3 Å². The van der Waals surface area contributed by atoms with Crippen molar-refractivity contribution in [1.29, 1.82) is 0 Å². The molecule has 2 N–H and O–H groups in total. The van der Waals surface area contributed by atoms with E-state index in [1.807, 2.05) is 6.92 Å². The van der Waals surface area contributed by atoms with Crippen molar-refractivity contribution in [3.8, 4) is 5.75 Å². The molecule has 21 heavy (non-hydrogen) atoms. The maximum absolute atomic E-state index is 12.3. The molecule has 6 heteroatoms. The number of anilines is 1. The molecule has 0 bridgehead atoms. The second-order valence-electron chi connectivity index (χ2n) is 5.02. The molecule has 0 aliphatic carbocycles. The summed E-state index contributed by atoms with van der Waals surface area (Å²) in [7, 11) is 0. The summed E-state index contributed by atoms with van der Waals surface area (Å²) in [5.41, 5.74) is 0.567. The molecular weight excluding hydrogens is 292 g/mol. The first-order valence-corrected chi connectivity index (χ1v) is 7.48. The molecule has 2 amide bonds. The molecule has 0 saturated carbocycles. The number of piperidine rings is 1. The molecule has 0 radical (unpaired) electrons. The van der Waals surface area contributed by atoms with Crippen molar-refractivity contribution in [3.63, 3.8) is 0 Å². The molecule has 1 heterocycles. The van der Waals surface area contributed by atoms with Crippen LogP contribution in [0.15, 0.2) is 18.2 Å². The maximum Gasteiger partial charge on any atom is 0.229 e. The molecule has 1 aliphatic heterocycles. The Hall–Kier alpha value is -1.75. The minimum Gasteiger partial charge on any atom is -0.491 e. The van der Waals surface area contributed by atoms with Gasteiger partial charge in [0.1, 0.15) is 5.75 Å². The molecule has 5 nitrogen and oxygen atoms in total. The minimum absolute atomic E-state index is 0.00577. The molecule has 0 aromatic heterocycles. The quantitative estimate of drug-likeness (QED) is 0.878. The summed E-state index contributed by atoms with van der Waals surface area (Å²) in [6.07, 6.45) is 1.82. The molecule has 1 saturated heterocycles. The van der Waals surface area contributed by atoms with Gasteiger partial charge in [-0.05, 0) is 31.0 Å². The fraction of sp³-hybridized carbons (Fsp3) is 0.467. The molecule has 2 rings (SSSR count). The van der Waals surface area contributed by atoms with E-state index in [-0.39, 0.29) is 17.7 Å². The molecular formula is C15H19ClN2O3. The van der Waals surface area contributed by atoms with Gasteiger partial charge in [0.15, 0.2) is 0 Å². The van der Waals surface area contributed by atoms with Crippen molar-refractivity contribution < 1.29 is 14.3 Å². The summed E-state index contributed by atoms with van der Waals surface area (Å²) in [5.74, 6) is 0.252. The van der Waals surface area contributed by atoms with E-state index < -0.39 is 0 Å². The summed E-state index contributed by atoms with van der Waals surface area (Å²) in [6.45, 7) is 2.96. The lowest BCUT2D eigenvalue weighted by atomic mass is 9.98. The van der Waals surface area contributed by atoms with Crippen molar-refractivity contribution in [2.24, 2.45) is 5.92 Å². The van der Waals surface area contributed by atoms with Gasteiger partial charge in [0.05, 0.1) is 18.2 Å². The van der Waals surface area contributed by atoms with Gasteiger partial charge < -0.3 is 15.4 Å². The summed E-state index contributed by atoms with van der Waals surface area (Å²) in [4.78, 5) is 23.4. The monoisotopic (exact) mass is 310 g/mol. The average Bonchev–Trinajstić information content (AvgIpc) is 2.47. The highest BCUT2D eigenvalue weighted by atomic mass is 35.5. The summed E-state index contributed by atoms with van der Waals surface area (Å²) >= 11 is 5.98. The Bertz CT molecular complexity index is 524. The summed E-state index contributed by atoms with van der Waals surface area (Å²) in [6, 6.07) is 5.14. The highest BCUT2D eigenvalue weighted by molar-refractivity contribution is 6.31. The van der Waals surface area contributed by atoms with Crippen LogP contribution in [0.2, 0.25) is 5.02 Å². The number of halogens is 1. The van der Waals surface area contributed by atoms with E-state index in [9.17, 15) is 9.59 Å². The number of nitrogens with one attached hydrogen (secondary N) is 2. The van der Waals surface area contributed by atoms with Crippen LogP contribution in [0.1, 0.15) is 26.2 Å². The number of hydrogen-bond acceptors (Lipinski definition) is 3. The number of rotatable bonds is 5. The predicted molar refractivity (Wildman–Crippen MR) is 81.6 cm³/mol. The fourth-order valence-corrected chi connectivity index (χ4v) is 2.30. The van der Waals surface area contributed by atoms with Crippen molar-refractivity contribution >= 4 is 29.1 Å². The van der Waals surface area contributed by atoms with Gasteiger partial charge in [-0.3, -0.25) is 9.59 Å². The summed E-state index contributed by atoms with van der Waals surface area (Å²) in [5, 5.41) is 6.08. The van der Waals surface area contributed by atoms with E-state index in [0.29, 0.717) is 42.5 Å². The van der Waals surface area contributed by atoms with Crippen LogP contribution >= 0.6 is 11.6 Å². The standard InChI is InChI=1S/C15H19ClN2O3/c1-2-7-21-13-5-4-11(16)8-12(13)18-15(20)10-3-6-14(19)17-9-10/h4-5,8,10H,2-3,6-7,9H2,1H3,(H,17,19)(H,18,20). The second-order valence-corrected chi connectivity index (χ2v) is 5.45. The molecule has 1 aliphatic rings. The van der Waals surface area contributed by atoms with Crippen LogP contribution in [0.3, 0.4) is 0 Å². The highest BCUT2D eigenvalue weighted by Crippen LogP contribution is 2.29. The van der Waals surface area contributed by atoms with Gasteiger partial charge in [-0.15, -0.1) is 0 Å². The Balaban J connectivity index is 2.05. The van der Waals surface area contributed by atoms with Gasteiger partial charge >= 0.3 is 0 Å². The third-order valence-electron chi connectivity index (χ3n) is 3.30. The Morgan fingerprint density at radius 3 is 3.00 bits per heavy atom. The lowest BCUT2D eigenvalue weighted by molar-refractivity contribution is -0.126. The van der Waals surface area contributed by atoms with Gasteiger partial charge in [0.2, 0.25) is 11.8 Å². The first-order valence-electron chi connectivity index (χ1n) is 7.10. The lowest BCUT2D eigenvalue weighted by Crippen LogP contribution is -2.40. The topological polar surface area (TPSA) is 67.4 Å². The average molecular weight is 311 g/mol. The van der Waals surface area contributed by atoms with Crippen molar-refractivity contribution in [2.75, 3.05) is 18.5 Å². The Kier molecular flexibility index (Phi) is 5.44. The lowest BCUT2D eigenvalue weighted by Gasteiger charge is -2.22. The number of benzene rings is 1. The van der Waals surface area contributed by atoms with E-state index in [1.54, 1.807) is 18.2 Å². The van der Waals surface area contributed by atoms with Gasteiger partial charge in [0, 0.05) is 18.0 Å². The zero-order valence-corrected chi connectivity index (χ0v) is 12.7. The minimum atomic E-state index is -0.222. The van der Waals surface area contributed by atoms with Gasteiger partial charge in [-0.1, -0.05) is 18.5 Å². The number of amides is 2. The van der Waals surface area contributed by atoms with E-state index in [2.05, 4.69) is 10.6 Å². The van der Waals surface area contributed by atoms with Crippen molar-refractivity contribution in [1.82, 2.24) is 5.32 Å². The van der Waals surface area contributed by atoms with Gasteiger partial charge in [-0.25, -0.2) is 0 Å². The van der Waals surface area contributed by atoms with E-state index in [1.165, 1.54) is 0 Å². The van der Waals surface area contributed by atoms with Crippen molar-refractivity contribution in [3.05, 3.63) is 23.2 Å². The second kappa shape index (κ2) is 7.31. The first kappa shape index (κ1) is 15.6. The highest BCUT2D eigenvalue weighted by Gasteiger charge is 2.25. The van der Waals surface area contributed by atoms with Crippen LogP contribution in [0.5, 0.6) is 5.75 Å². The predicted octanol–water partition coefficient (Wildman–Crippen LogP) is 2.59. The number of carbonyl (C=O) groups excluding carboxylic acids is 2. The van der Waals surface area contributed by atoms with Crippen LogP contribution < -0.4 is 15.4 Å². The zero-order valence-electron chi connectivity index (χ0n) is 11.9. The molecule has 1 aromatic rings. The Labute approximate surface area is 129 Å². The van der Waals surface area contributed by atoms with Gasteiger partial charge in [-0.2, -0.15) is 0 Å². The number of carbonyl (C=O) groups is 2. The molecule has 1 atom stereocenters. The van der Waals surface area contributed by atoms with E-state index in [0.717, 1.165) is 6.42 Å². The number of ether oxygens (including phenoxy) is 1. The smallest absolute Gasteiger partial charge is 0.229 e. The molecule has 0 spiro atoms. The zero-order chi connectivity index (χ0) is 15.2. The Morgan fingerprint density at radius 2 is 2.33 bits per heavy atom. The SMILES string of the molecule is CCCOc1ccc(Cl)cc1NC(=O)C1CCC(=O)NC1. The van der Waals surface area contributed by atoms with Crippen LogP contribution in [-0.2, 0) is 9.59 Å². The van der Waals surface area contributed by atoms with Crippen LogP contribution in [0.4, 0.5) is 5.69 Å². The fourth-order valence-electron chi connectivity index (χ4n) is 2.13. The van der Waals surface area contributed by atoms with Crippen LogP contribution in [-0.4, -0.2) is 25.0 Å². The molecule has 114 valence electrons. The van der Waals surface area contributed by atoms with Gasteiger partial charge in [0.25, 0.3) is 0 Å². The molecule has 1 unspecified atom stereocenters. The van der Waals surface area contributed by atoms with Crippen molar-refractivity contribution in [2.45, 2.75) is 26.2 Å². The first-order chi connectivity index (χ1) is 10.1. The largest absolute Gasteiger partial charge is 0.491 e.